The van der Waals surface area contributed by atoms with Crippen LogP contribution in [0.25, 0.3) is 0 Å². The first kappa shape index (κ1) is 34.5. The lowest BCUT2D eigenvalue weighted by molar-refractivity contribution is -0.907. The van der Waals surface area contributed by atoms with Gasteiger partial charge in [0.05, 0.1) is 24.8 Å². The Kier molecular flexibility index (Phi) is 9.70. The molecule has 0 saturated carbocycles. The molecule has 1 aromatic heterocycles. The molecule has 0 aliphatic carbocycles. The number of hydrogen-bond donors (Lipinski definition) is 2. The van der Waals surface area contributed by atoms with Gasteiger partial charge in [0.25, 0.3) is 0 Å². The molecular formula is C36H50N7O4S+. The van der Waals surface area contributed by atoms with Crippen molar-refractivity contribution in [3.63, 3.8) is 0 Å². The zero-order chi connectivity index (χ0) is 34.3. The van der Waals surface area contributed by atoms with E-state index in [9.17, 15) is 23.3 Å². The molecule has 4 fully saturated rings. The average Bonchev–Trinajstić information content (AvgIpc) is 3.40. The highest BCUT2D eigenvalue weighted by Gasteiger charge is 2.58. The minimum Gasteiger partial charge on any atom is -0.317 e. The van der Waals surface area contributed by atoms with Gasteiger partial charge >= 0.3 is 11.9 Å². The quantitative estimate of drug-likeness (QED) is 0.425. The van der Waals surface area contributed by atoms with Crippen molar-refractivity contribution in [1.29, 1.82) is 5.26 Å². The standard InChI is InChI=1S/C36H50N7O4S/c1-25-22-29(23-37)40-26(2)32(25)34(44)43(36(3)14-18-39-19-15-36)20-12-30(13-21-43)42-31(27-8-6-5-7-9-27)24-41(35(42)45)33(48(4,46)47)28-10-16-38-17-11-28/h5-9,22,28,30-31,33,38-39H,10-21,24H2,1-4H3/q+1/t30?,31?,33-,43?/m1/s1. The highest BCUT2D eigenvalue weighted by Crippen LogP contribution is 2.44. The lowest BCUT2D eigenvalue weighted by Gasteiger charge is -2.55. The summed E-state index contributed by atoms with van der Waals surface area (Å²) in [5, 5.41) is 15.4. The van der Waals surface area contributed by atoms with E-state index in [0.717, 1.165) is 50.1 Å². The van der Waals surface area contributed by atoms with E-state index in [1.807, 2.05) is 49.1 Å². The molecule has 4 saturated heterocycles. The lowest BCUT2D eigenvalue weighted by Crippen LogP contribution is -2.72. The number of carbonyl (C=O) groups is 2. The summed E-state index contributed by atoms with van der Waals surface area (Å²) in [7, 11) is -3.57. The second kappa shape index (κ2) is 13.5. The van der Waals surface area contributed by atoms with Crippen LogP contribution in [0.5, 0.6) is 0 Å². The van der Waals surface area contributed by atoms with E-state index in [-0.39, 0.29) is 40.0 Å². The zero-order valence-electron chi connectivity index (χ0n) is 28.7. The Balaban J connectivity index is 1.35. The molecule has 11 nitrogen and oxygen atoms in total. The van der Waals surface area contributed by atoms with E-state index in [1.54, 1.807) is 11.0 Å². The highest BCUT2D eigenvalue weighted by molar-refractivity contribution is 7.91. The van der Waals surface area contributed by atoms with Gasteiger partial charge in [0.1, 0.15) is 28.2 Å². The summed E-state index contributed by atoms with van der Waals surface area (Å²) in [6.45, 7) is 10.5. The molecule has 1 aromatic carbocycles. The van der Waals surface area contributed by atoms with E-state index in [0.29, 0.717) is 62.3 Å². The van der Waals surface area contributed by atoms with E-state index in [4.69, 9.17) is 0 Å². The molecule has 4 aliphatic rings. The van der Waals surface area contributed by atoms with Crippen LogP contribution in [-0.2, 0) is 9.84 Å². The van der Waals surface area contributed by atoms with Crippen molar-refractivity contribution in [1.82, 2.24) is 25.4 Å². The number of pyridine rings is 1. The van der Waals surface area contributed by atoms with Gasteiger partial charge in [0.15, 0.2) is 9.84 Å². The van der Waals surface area contributed by atoms with Crippen LogP contribution in [0.15, 0.2) is 36.4 Å². The highest BCUT2D eigenvalue weighted by atomic mass is 32.2. The predicted molar refractivity (Wildman–Crippen MR) is 184 cm³/mol. The fourth-order valence-corrected chi connectivity index (χ4v) is 10.9. The number of carbonyl (C=O) groups excluding carboxylic acids is 2. The predicted octanol–water partition coefficient (Wildman–Crippen LogP) is 3.68. The van der Waals surface area contributed by atoms with Gasteiger partial charge in [-0.05, 0) is 69.8 Å². The maximum absolute atomic E-state index is 14.9. The molecule has 6 rings (SSSR count). The number of aryl methyl sites for hydroxylation is 2. The summed E-state index contributed by atoms with van der Waals surface area (Å²) in [6, 6.07) is 13.1. The third-order valence-corrected chi connectivity index (χ3v) is 13.3. The molecule has 0 radical (unpaired) electrons. The number of benzene rings is 1. The maximum atomic E-state index is 14.9. The number of quaternary nitrogens is 1. The molecule has 4 aliphatic heterocycles. The van der Waals surface area contributed by atoms with E-state index < -0.39 is 15.2 Å². The van der Waals surface area contributed by atoms with E-state index in [1.165, 1.54) is 6.26 Å². The normalized spacial score (nSPS) is 27.4. The Labute approximate surface area is 285 Å². The van der Waals surface area contributed by atoms with Crippen LogP contribution in [0.1, 0.15) is 84.4 Å². The maximum Gasteiger partial charge on any atom is 0.348 e. The summed E-state index contributed by atoms with van der Waals surface area (Å²) in [6.07, 6.45) is 5.62. The van der Waals surface area contributed by atoms with Crippen molar-refractivity contribution in [3.05, 3.63) is 64.5 Å². The molecule has 2 N–H and O–H groups in total. The molecule has 1 unspecified atom stereocenters. The van der Waals surface area contributed by atoms with Crippen LogP contribution in [0, 0.1) is 31.1 Å². The van der Waals surface area contributed by atoms with Gasteiger partial charge in [-0.15, -0.1) is 0 Å². The van der Waals surface area contributed by atoms with Gasteiger partial charge in [-0.25, -0.2) is 23.0 Å². The van der Waals surface area contributed by atoms with Gasteiger partial charge in [-0.2, -0.15) is 5.26 Å². The first-order valence-corrected chi connectivity index (χ1v) is 19.4. The Hall–Kier alpha value is -3.37. The minimum absolute atomic E-state index is 0.0434. The number of likely N-dealkylation sites (tertiary alicyclic amines) is 1. The number of hydrogen-bond acceptors (Lipinski definition) is 8. The number of nitrogens with one attached hydrogen (secondary N) is 2. The summed E-state index contributed by atoms with van der Waals surface area (Å²) < 4.78 is 27.1. The fraction of sp³-hybridized carbons (Fsp3) is 0.611. The van der Waals surface area contributed by atoms with Gasteiger partial charge in [-0.1, -0.05) is 30.3 Å². The zero-order valence-corrected chi connectivity index (χ0v) is 29.6. The summed E-state index contributed by atoms with van der Waals surface area (Å²) in [4.78, 5) is 37.6. The first-order chi connectivity index (χ1) is 22.9. The van der Waals surface area contributed by atoms with Gasteiger partial charge in [-0.3, -0.25) is 4.48 Å². The average molecular weight is 677 g/mol. The lowest BCUT2D eigenvalue weighted by atomic mass is 9.81. The van der Waals surface area contributed by atoms with E-state index >= 15 is 0 Å². The summed E-state index contributed by atoms with van der Waals surface area (Å²) in [5.41, 5.74) is 2.93. The smallest absolute Gasteiger partial charge is 0.317 e. The molecule has 2 atom stereocenters. The Bertz CT molecular complexity index is 1650. The molecule has 5 heterocycles. The van der Waals surface area contributed by atoms with Crippen molar-refractivity contribution < 1.29 is 22.5 Å². The summed E-state index contributed by atoms with van der Waals surface area (Å²) >= 11 is 0. The molecule has 258 valence electrons. The second-order valence-electron chi connectivity index (χ2n) is 14.7. The van der Waals surface area contributed by atoms with Crippen molar-refractivity contribution in [2.75, 3.05) is 52.1 Å². The molecule has 48 heavy (non-hydrogen) atoms. The number of piperidine rings is 3. The van der Waals surface area contributed by atoms with Crippen LogP contribution < -0.4 is 10.6 Å². The third kappa shape index (κ3) is 6.15. The number of urea groups is 1. The number of sulfone groups is 1. The largest absolute Gasteiger partial charge is 0.348 e. The van der Waals surface area contributed by atoms with Crippen molar-refractivity contribution >= 4 is 21.8 Å². The van der Waals surface area contributed by atoms with Crippen molar-refractivity contribution in [2.45, 2.75) is 82.3 Å². The number of nitrogens with zero attached hydrogens (tertiary/aromatic N) is 5. The van der Waals surface area contributed by atoms with Gasteiger partial charge < -0.3 is 20.4 Å². The molecule has 2 aromatic rings. The van der Waals surface area contributed by atoms with Crippen LogP contribution >= 0.6 is 0 Å². The Morgan fingerprint density at radius 3 is 2.25 bits per heavy atom. The SMILES string of the molecule is Cc1cc(C#N)nc(C)c1C(=O)[N+]1(C2(C)CCNCC2)CCC(N2C(=O)N([C@@H](C3CCNCC3)S(C)(=O)=O)CC2c2ccccc2)CC1. The Morgan fingerprint density at radius 2 is 1.67 bits per heavy atom. The van der Waals surface area contributed by atoms with E-state index in [2.05, 4.69) is 28.6 Å². The molecule has 0 spiro atoms. The van der Waals surface area contributed by atoms with Crippen molar-refractivity contribution in [2.24, 2.45) is 5.92 Å². The van der Waals surface area contributed by atoms with Crippen LogP contribution in [-0.4, -0.2) is 109 Å². The first-order valence-electron chi connectivity index (χ1n) is 17.4. The molecular weight excluding hydrogens is 627 g/mol. The van der Waals surface area contributed by atoms with Gasteiger partial charge in [0, 0.05) is 57.6 Å². The monoisotopic (exact) mass is 676 g/mol. The number of nitriles is 1. The third-order valence-electron chi connectivity index (χ3n) is 11.8. The summed E-state index contributed by atoms with van der Waals surface area (Å²) in [5.74, 6) is -0.0795. The van der Waals surface area contributed by atoms with Crippen LogP contribution in [0.4, 0.5) is 4.79 Å². The van der Waals surface area contributed by atoms with Crippen LogP contribution in [0.2, 0.25) is 0 Å². The molecule has 12 heteroatoms. The van der Waals surface area contributed by atoms with Crippen LogP contribution in [0.3, 0.4) is 0 Å². The fourth-order valence-electron chi connectivity index (χ4n) is 9.24. The number of rotatable bonds is 7. The van der Waals surface area contributed by atoms with Crippen molar-refractivity contribution in [3.8, 4) is 6.07 Å². The molecule has 0 bridgehead atoms. The molecule has 3 amide bonds. The topological polar surface area (TPSA) is 136 Å². The second-order valence-corrected chi connectivity index (χ2v) is 16.8. The number of aromatic nitrogens is 1. The number of amides is 3. The Morgan fingerprint density at radius 1 is 1.04 bits per heavy atom. The minimum atomic E-state index is -3.57. The van der Waals surface area contributed by atoms with Gasteiger partial charge in [0.2, 0.25) is 0 Å².